The van der Waals surface area contributed by atoms with E-state index in [1.807, 2.05) is 0 Å². The van der Waals surface area contributed by atoms with E-state index in [1.54, 1.807) is 0 Å². The molecule has 106 valence electrons. The summed E-state index contributed by atoms with van der Waals surface area (Å²) in [6, 6.07) is 1.98. The quantitative estimate of drug-likeness (QED) is 0.473. The Morgan fingerprint density at radius 1 is 1.35 bits per heavy atom. The van der Waals surface area contributed by atoms with Gasteiger partial charge in [0.05, 0.1) is 11.8 Å². The number of aromatic nitrogens is 3. The average Bonchev–Trinajstić information content (AvgIpc) is 2.77. The minimum Gasteiger partial charge on any atom is -0.294 e. The van der Waals surface area contributed by atoms with Gasteiger partial charge in [-0.15, -0.1) is 0 Å². The Morgan fingerprint density at radius 2 is 2.00 bits per heavy atom. The molecule has 4 nitrogen and oxygen atoms in total. The summed E-state index contributed by atoms with van der Waals surface area (Å²) in [6.07, 6.45) is -3.98. The summed E-state index contributed by atoms with van der Waals surface area (Å²) >= 11 is 2.78. The van der Waals surface area contributed by atoms with E-state index >= 15 is 0 Å². The topological polar surface area (TPSA) is 47.8 Å². The van der Waals surface area contributed by atoms with Gasteiger partial charge in [0.1, 0.15) is 4.60 Å². The van der Waals surface area contributed by atoms with Gasteiger partial charge in [-0.25, -0.2) is 14.1 Å². The zero-order valence-corrected chi connectivity index (χ0v) is 11.5. The van der Waals surface area contributed by atoms with E-state index in [0.29, 0.717) is 4.68 Å². The van der Waals surface area contributed by atoms with E-state index < -0.39 is 29.0 Å². The molecule has 0 aliphatic carbocycles. The maximum absolute atomic E-state index is 13.1. The number of Topliss-reactive ketones (excluding diaryl/α,β-unsaturated/α-hetero) is 1. The Labute approximate surface area is 118 Å². The van der Waals surface area contributed by atoms with Crippen molar-refractivity contribution in [3.05, 3.63) is 40.0 Å². The maximum Gasteiger partial charge on any atom is 0.434 e. The summed E-state index contributed by atoms with van der Waals surface area (Å²) in [4.78, 5) is 14.9. The fourth-order valence-electron chi connectivity index (χ4n) is 1.58. The number of hydrogen-bond acceptors (Lipinski definition) is 3. The van der Waals surface area contributed by atoms with Crippen LogP contribution < -0.4 is 0 Å². The number of alkyl halides is 3. The van der Waals surface area contributed by atoms with E-state index in [9.17, 15) is 22.4 Å². The van der Waals surface area contributed by atoms with Crippen molar-refractivity contribution >= 4 is 21.7 Å². The fourth-order valence-corrected chi connectivity index (χ4v) is 1.89. The molecular weight excluding hydrogens is 346 g/mol. The van der Waals surface area contributed by atoms with Crippen LogP contribution >= 0.6 is 15.9 Å². The molecule has 0 aliphatic heterocycles. The summed E-state index contributed by atoms with van der Waals surface area (Å²) in [6.45, 7) is 1.00. The van der Waals surface area contributed by atoms with Crippen molar-refractivity contribution in [1.29, 1.82) is 0 Å². The van der Waals surface area contributed by atoms with Crippen LogP contribution in [0.3, 0.4) is 0 Å². The summed E-state index contributed by atoms with van der Waals surface area (Å²) < 4.78 is 52.4. The third-order valence-electron chi connectivity index (χ3n) is 2.42. The van der Waals surface area contributed by atoms with E-state index in [2.05, 4.69) is 26.0 Å². The predicted octanol–water partition coefficient (Wildman–Crippen LogP) is 3.39. The molecule has 0 fully saturated rings. The Hall–Kier alpha value is -1.77. The largest absolute Gasteiger partial charge is 0.434 e. The van der Waals surface area contributed by atoms with Crippen LogP contribution in [0, 0.1) is 5.82 Å². The summed E-state index contributed by atoms with van der Waals surface area (Å²) in [5.41, 5.74) is -1.81. The Kier molecular flexibility index (Phi) is 3.63. The lowest BCUT2D eigenvalue weighted by molar-refractivity contribution is -0.143. The highest BCUT2D eigenvalue weighted by molar-refractivity contribution is 9.10. The highest BCUT2D eigenvalue weighted by Gasteiger charge is 2.40. The summed E-state index contributed by atoms with van der Waals surface area (Å²) in [5, 5.41) is 3.51. The lowest BCUT2D eigenvalue weighted by Crippen LogP contribution is -2.17. The molecule has 0 radical (unpaired) electrons. The van der Waals surface area contributed by atoms with E-state index in [1.165, 1.54) is 0 Å². The molecular formula is C11H6BrF4N3O. The average molecular weight is 352 g/mol. The van der Waals surface area contributed by atoms with Crippen molar-refractivity contribution in [2.75, 3.05) is 0 Å². The second-order valence-electron chi connectivity index (χ2n) is 3.81. The predicted molar refractivity (Wildman–Crippen MR) is 64.0 cm³/mol. The lowest BCUT2D eigenvalue weighted by atomic mass is 10.2. The molecule has 2 heterocycles. The Balaban J connectivity index is 2.68. The summed E-state index contributed by atoms with van der Waals surface area (Å²) in [5.74, 6) is -1.75. The first-order chi connectivity index (χ1) is 9.21. The van der Waals surface area contributed by atoms with Gasteiger partial charge < -0.3 is 0 Å². The second kappa shape index (κ2) is 4.97. The molecule has 0 bridgehead atoms. The molecule has 2 aromatic heterocycles. The van der Waals surface area contributed by atoms with Crippen molar-refractivity contribution in [3.63, 3.8) is 0 Å². The normalized spacial score (nSPS) is 11.7. The minimum absolute atomic E-state index is 0.247. The first kappa shape index (κ1) is 14.6. The number of rotatable bonds is 2. The highest BCUT2D eigenvalue weighted by Crippen LogP contribution is 2.33. The number of halogens is 5. The number of carbonyl (C=O) groups excluding carboxylic acids is 1. The van der Waals surface area contributed by atoms with Crippen LogP contribution in [0.15, 0.2) is 22.9 Å². The van der Waals surface area contributed by atoms with E-state index in [-0.39, 0.29) is 10.4 Å². The number of pyridine rings is 1. The lowest BCUT2D eigenvalue weighted by Gasteiger charge is -2.11. The zero-order chi connectivity index (χ0) is 15.1. The third-order valence-corrected chi connectivity index (χ3v) is 2.98. The van der Waals surface area contributed by atoms with Crippen molar-refractivity contribution < 1.29 is 22.4 Å². The van der Waals surface area contributed by atoms with Crippen molar-refractivity contribution in [1.82, 2.24) is 14.8 Å². The van der Waals surface area contributed by atoms with Gasteiger partial charge >= 0.3 is 6.18 Å². The molecule has 0 unspecified atom stereocenters. The first-order valence-electron chi connectivity index (χ1n) is 5.20. The molecule has 0 amide bonds. The number of hydrogen-bond donors (Lipinski definition) is 0. The van der Waals surface area contributed by atoms with Crippen LogP contribution in [0.25, 0.3) is 5.82 Å². The molecule has 2 rings (SSSR count). The van der Waals surface area contributed by atoms with Gasteiger partial charge in [-0.3, -0.25) is 4.79 Å². The standard InChI is InChI=1S/C11H6BrF4N3O/c1-5(20)6-4-17-19(9(6)11(14,15)16)8-3-2-7(13)10(12)18-8/h2-4H,1H3. The van der Waals surface area contributed by atoms with Crippen LogP contribution in [-0.4, -0.2) is 20.5 Å². The molecule has 0 aromatic carbocycles. The van der Waals surface area contributed by atoms with Crippen LogP contribution in [0.2, 0.25) is 0 Å². The Morgan fingerprint density at radius 3 is 2.50 bits per heavy atom. The van der Waals surface area contributed by atoms with Crippen molar-refractivity contribution in [3.8, 4) is 5.82 Å². The van der Waals surface area contributed by atoms with Crippen LogP contribution in [0.1, 0.15) is 23.0 Å². The second-order valence-corrected chi connectivity index (χ2v) is 4.57. The van der Waals surface area contributed by atoms with Crippen LogP contribution in [0.5, 0.6) is 0 Å². The van der Waals surface area contributed by atoms with Crippen LogP contribution in [-0.2, 0) is 6.18 Å². The molecule has 0 N–H and O–H groups in total. The van der Waals surface area contributed by atoms with Gasteiger partial charge in [0.25, 0.3) is 0 Å². The molecule has 0 saturated carbocycles. The fraction of sp³-hybridized carbons (Fsp3) is 0.182. The third kappa shape index (κ3) is 2.58. The van der Waals surface area contributed by atoms with Gasteiger partial charge in [0.2, 0.25) is 0 Å². The molecule has 2 aromatic rings. The Bertz CT molecular complexity index is 681. The highest BCUT2D eigenvalue weighted by atomic mass is 79.9. The van der Waals surface area contributed by atoms with E-state index in [4.69, 9.17) is 0 Å². The van der Waals surface area contributed by atoms with Crippen molar-refractivity contribution in [2.45, 2.75) is 13.1 Å². The van der Waals surface area contributed by atoms with Gasteiger partial charge in [-0.1, -0.05) is 0 Å². The van der Waals surface area contributed by atoms with E-state index in [0.717, 1.165) is 25.3 Å². The molecule has 0 aliphatic rings. The van der Waals surface area contributed by atoms with Gasteiger partial charge in [0.15, 0.2) is 23.1 Å². The summed E-state index contributed by atoms with van der Waals surface area (Å²) in [7, 11) is 0. The smallest absolute Gasteiger partial charge is 0.294 e. The molecule has 0 atom stereocenters. The molecule has 0 spiro atoms. The van der Waals surface area contributed by atoms with Crippen molar-refractivity contribution in [2.24, 2.45) is 0 Å². The number of ketones is 1. The number of carbonyl (C=O) groups is 1. The minimum atomic E-state index is -4.79. The molecule has 0 saturated heterocycles. The zero-order valence-electron chi connectivity index (χ0n) is 9.87. The van der Waals surface area contributed by atoms with Gasteiger partial charge in [-0.2, -0.15) is 18.3 Å². The maximum atomic E-state index is 13.1. The monoisotopic (exact) mass is 351 g/mol. The first-order valence-corrected chi connectivity index (χ1v) is 5.99. The van der Waals surface area contributed by atoms with Gasteiger partial charge in [0, 0.05) is 0 Å². The molecule has 9 heteroatoms. The molecule has 20 heavy (non-hydrogen) atoms. The van der Waals surface area contributed by atoms with Gasteiger partial charge in [-0.05, 0) is 35.0 Å². The SMILES string of the molecule is CC(=O)c1cnn(-c2ccc(F)c(Br)n2)c1C(F)(F)F. The van der Waals surface area contributed by atoms with Crippen LogP contribution in [0.4, 0.5) is 17.6 Å². The number of nitrogens with zero attached hydrogens (tertiary/aromatic N) is 3.